The molecule has 0 saturated carbocycles. The van der Waals surface area contributed by atoms with E-state index in [1.54, 1.807) is 13.0 Å². The first-order valence-corrected chi connectivity index (χ1v) is 9.16. The van der Waals surface area contributed by atoms with Crippen LogP contribution in [0.5, 0.6) is 0 Å². The third-order valence-electron chi connectivity index (χ3n) is 3.05. The van der Waals surface area contributed by atoms with Crippen molar-refractivity contribution in [2.75, 3.05) is 13.2 Å². The molecule has 0 aromatic carbocycles. The van der Waals surface area contributed by atoms with E-state index in [9.17, 15) is 18.6 Å². The standard InChI is InChI=1S/C13H23NO6S2/c1-8(20-10(3)13(17)11(16)7-15)6-14-22(18,19)12-5-4-9(2)21-12/h4-5,8,10-11,13-17H,6-7H2,1-3H3/t8-,10?,11+,13?/m0/s1. The van der Waals surface area contributed by atoms with Gasteiger partial charge in [0.15, 0.2) is 0 Å². The van der Waals surface area contributed by atoms with Gasteiger partial charge in [-0.05, 0) is 32.9 Å². The van der Waals surface area contributed by atoms with Crippen molar-refractivity contribution in [1.29, 1.82) is 0 Å². The van der Waals surface area contributed by atoms with E-state index in [2.05, 4.69) is 4.72 Å². The van der Waals surface area contributed by atoms with Crippen molar-refractivity contribution in [3.05, 3.63) is 17.0 Å². The fourth-order valence-corrected chi connectivity index (χ4v) is 4.21. The van der Waals surface area contributed by atoms with Crippen LogP contribution in [0, 0.1) is 6.92 Å². The third-order valence-corrected chi connectivity index (χ3v) is 5.97. The van der Waals surface area contributed by atoms with E-state index in [1.165, 1.54) is 24.3 Å². The summed E-state index contributed by atoms with van der Waals surface area (Å²) in [7, 11) is -3.57. The minimum absolute atomic E-state index is 0.0333. The van der Waals surface area contributed by atoms with E-state index in [-0.39, 0.29) is 10.8 Å². The van der Waals surface area contributed by atoms with E-state index in [4.69, 9.17) is 9.84 Å². The van der Waals surface area contributed by atoms with Crippen molar-refractivity contribution >= 4 is 21.4 Å². The molecule has 0 amide bonds. The van der Waals surface area contributed by atoms with Crippen molar-refractivity contribution in [2.45, 2.75) is 49.4 Å². The van der Waals surface area contributed by atoms with Crippen LogP contribution in [0.2, 0.25) is 0 Å². The fourth-order valence-electron chi connectivity index (χ4n) is 1.77. The van der Waals surface area contributed by atoms with E-state index < -0.39 is 41.0 Å². The van der Waals surface area contributed by atoms with Crippen LogP contribution < -0.4 is 4.72 Å². The number of aryl methyl sites for hydroxylation is 1. The molecule has 7 nitrogen and oxygen atoms in total. The lowest BCUT2D eigenvalue weighted by molar-refractivity contribution is -0.111. The molecule has 0 spiro atoms. The highest BCUT2D eigenvalue weighted by atomic mass is 32.2. The predicted molar refractivity (Wildman–Crippen MR) is 83.4 cm³/mol. The molecule has 0 aliphatic heterocycles. The van der Waals surface area contributed by atoms with E-state index >= 15 is 0 Å². The van der Waals surface area contributed by atoms with E-state index in [0.717, 1.165) is 4.88 Å². The first kappa shape index (κ1) is 19.5. The molecule has 2 unspecified atom stereocenters. The summed E-state index contributed by atoms with van der Waals surface area (Å²) < 4.78 is 32.2. The Morgan fingerprint density at radius 1 is 1.32 bits per heavy atom. The van der Waals surface area contributed by atoms with Gasteiger partial charge < -0.3 is 20.1 Å². The summed E-state index contributed by atoms with van der Waals surface area (Å²) in [6, 6.07) is 3.27. The van der Waals surface area contributed by atoms with Gasteiger partial charge in [0.05, 0.1) is 18.8 Å². The van der Waals surface area contributed by atoms with Crippen LogP contribution in [0.15, 0.2) is 16.3 Å². The van der Waals surface area contributed by atoms with Crippen molar-refractivity contribution in [1.82, 2.24) is 4.72 Å². The van der Waals surface area contributed by atoms with Crippen LogP contribution in [-0.4, -0.2) is 61.3 Å². The summed E-state index contributed by atoms with van der Waals surface area (Å²) in [6.07, 6.45) is -3.80. The highest BCUT2D eigenvalue weighted by Crippen LogP contribution is 2.20. The normalized spacial score (nSPS) is 17.9. The summed E-state index contributed by atoms with van der Waals surface area (Å²) >= 11 is 1.18. The molecule has 1 aromatic rings. The molecule has 4 atom stereocenters. The number of hydrogen-bond acceptors (Lipinski definition) is 7. The Balaban J connectivity index is 2.50. The molecule has 4 N–H and O–H groups in total. The van der Waals surface area contributed by atoms with E-state index in [1.807, 2.05) is 6.92 Å². The molecule has 0 radical (unpaired) electrons. The van der Waals surface area contributed by atoms with Gasteiger partial charge in [0.1, 0.15) is 16.4 Å². The van der Waals surface area contributed by atoms with Crippen LogP contribution in [0.3, 0.4) is 0 Å². The fraction of sp³-hybridized carbons (Fsp3) is 0.692. The van der Waals surface area contributed by atoms with Crippen molar-refractivity contribution in [2.24, 2.45) is 0 Å². The van der Waals surface area contributed by atoms with Crippen LogP contribution in [-0.2, 0) is 14.8 Å². The average Bonchev–Trinajstić information content (AvgIpc) is 2.91. The Morgan fingerprint density at radius 3 is 2.45 bits per heavy atom. The van der Waals surface area contributed by atoms with Crippen LogP contribution in [0.25, 0.3) is 0 Å². The molecule has 0 aliphatic rings. The van der Waals surface area contributed by atoms with Gasteiger partial charge in [0.2, 0.25) is 10.0 Å². The van der Waals surface area contributed by atoms with Gasteiger partial charge in [-0.2, -0.15) is 0 Å². The largest absolute Gasteiger partial charge is 0.394 e. The SMILES string of the molecule is Cc1ccc(S(=O)(=O)NC[C@H](C)OC(C)C(O)[C@H](O)CO)s1. The zero-order valence-electron chi connectivity index (χ0n) is 12.8. The second kappa shape index (κ2) is 8.34. The van der Waals surface area contributed by atoms with Crippen LogP contribution >= 0.6 is 11.3 Å². The number of thiophene rings is 1. The summed E-state index contributed by atoms with van der Waals surface area (Å²) in [5.41, 5.74) is 0. The number of sulfonamides is 1. The zero-order chi connectivity index (χ0) is 16.9. The summed E-state index contributed by atoms with van der Waals surface area (Å²) in [4.78, 5) is 0.902. The predicted octanol–water partition coefficient (Wildman–Crippen LogP) is -0.157. The number of hydrogen-bond donors (Lipinski definition) is 4. The molecule has 0 aliphatic carbocycles. The summed E-state index contributed by atoms with van der Waals surface area (Å²) in [5.74, 6) is 0. The number of aliphatic hydroxyl groups excluding tert-OH is 3. The molecule has 128 valence electrons. The van der Waals surface area contributed by atoms with E-state index in [0.29, 0.717) is 0 Å². The first-order chi connectivity index (χ1) is 10.2. The van der Waals surface area contributed by atoms with Crippen LogP contribution in [0.4, 0.5) is 0 Å². The molecular formula is C13H23NO6S2. The molecule has 0 fully saturated rings. The Morgan fingerprint density at radius 2 is 1.95 bits per heavy atom. The number of nitrogens with one attached hydrogen (secondary N) is 1. The number of ether oxygens (including phenoxy) is 1. The van der Waals surface area contributed by atoms with Crippen LogP contribution in [0.1, 0.15) is 18.7 Å². The minimum atomic E-state index is -3.57. The maximum absolute atomic E-state index is 12.0. The van der Waals surface area contributed by atoms with Gasteiger partial charge in [-0.1, -0.05) is 0 Å². The molecule has 1 heterocycles. The highest BCUT2D eigenvalue weighted by molar-refractivity contribution is 7.91. The Hall–Kier alpha value is -0.550. The third kappa shape index (κ3) is 5.58. The lowest BCUT2D eigenvalue weighted by Gasteiger charge is -2.26. The number of rotatable bonds is 9. The van der Waals surface area contributed by atoms with Gasteiger partial charge in [-0.3, -0.25) is 0 Å². The zero-order valence-corrected chi connectivity index (χ0v) is 14.4. The molecule has 1 aromatic heterocycles. The van der Waals surface area contributed by atoms with Gasteiger partial charge in [0.25, 0.3) is 0 Å². The molecule has 9 heteroatoms. The highest BCUT2D eigenvalue weighted by Gasteiger charge is 2.25. The van der Waals surface area contributed by atoms with Crippen molar-refractivity contribution in [3.8, 4) is 0 Å². The monoisotopic (exact) mass is 353 g/mol. The average molecular weight is 353 g/mol. The number of aliphatic hydroxyl groups is 3. The maximum Gasteiger partial charge on any atom is 0.250 e. The topological polar surface area (TPSA) is 116 Å². The lowest BCUT2D eigenvalue weighted by Crippen LogP contribution is -2.42. The van der Waals surface area contributed by atoms with Gasteiger partial charge in [-0.15, -0.1) is 11.3 Å². The Kier molecular flexibility index (Phi) is 7.39. The Bertz CT molecular complexity index is 559. The molecular weight excluding hydrogens is 330 g/mol. The lowest BCUT2D eigenvalue weighted by atomic mass is 10.1. The van der Waals surface area contributed by atoms with Crippen molar-refractivity contribution < 1.29 is 28.5 Å². The molecule has 1 rings (SSSR count). The molecule has 0 bridgehead atoms. The second-order valence-corrected chi connectivity index (χ2v) is 8.39. The van der Waals surface area contributed by atoms with Gasteiger partial charge in [0, 0.05) is 11.4 Å². The Labute approximate surface area is 134 Å². The smallest absolute Gasteiger partial charge is 0.250 e. The molecule has 0 saturated heterocycles. The quantitative estimate of drug-likeness (QED) is 0.490. The molecule has 22 heavy (non-hydrogen) atoms. The second-order valence-electron chi connectivity index (χ2n) is 5.11. The first-order valence-electron chi connectivity index (χ1n) is 6.86. The van der Waals surface area contributed by atoms with Gasteiger partial charge >= 0.3 is 0 Å². The maximum atomic E-state index is 12.0. The summed E-state index contributed by atoms with van der Waals surface area (Å²) in [5, 5.41) is 27.8. The minimum Gasteiger partial charge on any atom is -0.394 e. The summed E-state index contributed by atoms with van der Waals surface area (Å²) in [6.45, 7) is 4.47. The van der Waals surface area contributed by atoms with Crippen molar-refractivity contribution in [3.63, 3.8) is 0 Å². The van der Waals surface area contributed by atoms with Gasteiger partial charge in [-0.25, -0.2) is 13.1 Å².